The Bertz CT molecular complexity index is 247. The van der Waals surface area contributed by atoms with Crippen LogP contribution in [0.25, 0.3) is 0 Å². The Morgan fingerprint density at radius 3 is 3.00 bits per heavy atom. The summed E-state index contributed by atoms with van der Waals surface area (Å²) in [4.78, 5) is 0. The van der Waals surface area contributed by atoms with Crippen LogP contribution >= 0.6 is 0 Å². The van der Waals surface area contributed by atoms with Crippen molar-refractivity contribution in [1.29, 1.82) is 0 Å². The van der Waals surface area contributed by atoms with Crippen molar-refractivity contribution < 1.29 is 0 Å². The van der Waals surface area contributed by atoms with Gasteiger partial charge in [0.1, 0.15) is 0 Å². The minimum Gasteiger partial charge on any atom is -0.385 e. The van der Waals surface area contributed by atoms with E-state index in [2.05, 4.69) is 17.4 Å². The second kappa shape index (κ2) is 2.05. The van der Waals surface area contributed by atoms with Crippen LogP contribution in [0, 0.1) is 0 Å². The third kappa shape index (κ3) is 0.720. The molecule has 1 aliphatic rings. The van der Waals surface area contributed by atoms with E-state index < -0.39 is 0 Å². The van der Waals surface area contributed by atoms with Gasteiger partial charge in [0.15, 0.2) is 0 Å². The van der Waals surface area contributed by atoms with Crippen molar-refractivity contribution in [3.05, 3.63) is 29.8 Å². The van der Waals surface area contributed by atoms with Crippen molar-refractivity contribution in [3.63, 3.8) is 0 Å². The van der Waals surface area contributed by atoms with Crippen LogP contribution in [0.15, 0.2) is 24.3 Å². The number of benzene rings is 1. The topological polar surface area (TPSA) is 12.0 Å². The quantitative estimate of drug-likeness (QED) is 0.521. The lowest BCUT2D eigenvalue weighted by atomic mass is 9.83. The average molecular weight is 129 g/mol. The Hall–Kier alpha value is -0.915. The molecule has 1 unspecified atom stereocenters. The smallest absolute Gasteiger partial charge is 0.0788 e. The molecular formula is C8H8BN. The molecule has 10 heavy (non-hydrogen) atoms. The van der Waals surface area contributed by atoms with Crippen molar-refractivity contribution in [1.82, 2.24) is 0 Å². The van der Waals surface area contributed by atoms with Crippen LogP contribution in [0.5, 0.6) is 0 Å². The first-order chi connectivity index (χ1) is 4.88. The minimum atomic E-state index is 0.191. The van der Waals surface area contributed by atoms with Crippen LogP contribution < -0.4 is 5.32 Å². The van der Waals surface area contributed by atoms with E-state index >= 15 is 0 Å². The fraction of sp³-hybridized carbons (Fsp3) is 0.250. The van der Waals surface area contributed by atoms with E-state index in [1.165, 1.54) is 11.3 Å². The van der Waals surface area contributed by atoms with Gasteiger partial charge in [-0.2, -0.15) is 0 Å². The van der Waals surface area contributed by atoms with Crippen LogP contribution in [0.4, 0.5) is 5.69 Å². The molecule has 1 aromatic carbocycles. The van der Waals surface area contributed by atoms with Crippen LogP contribution in [0.1, 0.15) is 11.4 Å². The summed E-state index contributed by atoms with van der Waals surface area (Å²) in [5.41, 5.74) is 2.43. The van der Waals surface area contributed by atoms with Gasteiger partial charge in [0.25, 0.3) is 0 Å². The summed E-state index contributed by atoms with van der Waals surface area (Å²) in [6.45, 7) is 0.874. The second-order valence-electron chi connectivity index (χ2n) is 2.57. The van der Waals surface area contributed by atoms with E-state index in [4.69, 9.17) is 7.85 Å². The van der Waals surface area contributed by atoms with E-state index in [9.17, 15) is 0 Å². The minimum absolute atomic E-state index is 0.191. The van der Waals surface area contributed by atoms with Gasteiger partial charge in [-0.1, -0.05) is 18.2 Å². The summed E-state index contributed by atoms with van der Waals surface area (Å²) in [5, 5.41) is 3.22. The lowest BCUT2D eigenvalue weighted by Gasteiger charge is -1.99. The van der Waals surface area contributed by atoms with Crippen LogP contribution in [-0.2, 0) is 0 Å². The molecule has 2 radical (unpaired) electrons. The molecule has 0 amide bonds. The van der Waals surface area contributed by atoms with Crippen molar-refractivity contribution in [3.8, 4) is 0 Å². The van der Waals surface area contributed by atoms with Gasteiger partial charge in [-0.15, -0.1) is 0 Å². The maximum atomic E-state index is 5.78. The number of hydrogen-bond acceptors (Lipinski definition) is 1. The zero-order valence-corrected chi connectivity index (χ0v) is 5.67. The first-order valence-electron chi connectivity index (χ1n) is 3.46. The van der Waals surface area contributed by atoms with Crippen molar-refractivity contribution >= 4 is 13.5 Å². The van der Waals surface area contributed by atoms with Gasteiger partial charge in [0.2, 0.25) is 0 Å². The highest BCUT2D eigenvalue weighted by Gasteiger charge is 2.15. The van der Waals surface area contributed by atoms with E-state index in [1.807, 2.05) is 12.1 Å². The number of para-hydroxylation sites is 1. The standard InChI is InChI=1S/C8H8BN/c9-7-5-10-8-4-2-1-3-6(7)8/h1-4,7,10H,5H2. The first-order valence-corrected chi connectivity index (χ1v) is 3.46. The molecule has 2 rings (SSSR count). The third-order valence-corrected chi connectivity index (χ3v) is 1.87. The molecule has 1 N–H and O–H groups in total. The molecule has 0 spiro atoms. The van der Waals surface area contributed by atoms with Gasteiger partial charge in [-0.3, -0.25) is 0 Å². The Kier molecular flexibility index (Phi) is 1.19. The van der Waals surface area contributed by atoms with Crippen LogP contribution in [0.2, 0.25) is 0 Å². The molecule has 1 aliphatic heterocycles. The summed E-state index contributed by atoms with van der Waals surface area (Å²) >= 11 is 0. The summed E-state index contributed by atoms with van der Waals surface area (Å²) in [7, 11) is 5.78. The lowest BCUT2D eigenvalue weighted by Crippen LogP contribution is -1.99. The summed E-state index contributed by atoms with van der Waals surface area (Å²) in [6, 6.07) is 8.16. The lowest BCUT2D eigenvalue weighted by molar-refractivity contribution is 1.05. The zero-order chi connectivity index (χ0) is 6.97. The van der Waals surface area contributed by atoms with Gasteiger partial charge in [-0.05, 0) is 17.4 Å². The molecule has 1 aromatic rings. The Morgan fingerprint density at radius 2 is 2.20 bits per heavy atom. The molecule has 2 heteroatoms. The van der Waals surface area contributed by atoms with E-state index in [1.54, 1.807) is 0 Å². The van der Waals surface area contributed by atoms with Crippen LogP contribution in [-0.4, -0.2) is 14.4 Å². The molecule has 0 aromatic heterocycles. The molecule has 0 fully saturated rings. The molecule has 1 atom stereocenters. The number of nitrogens with one attached hydrogen (secondary N) is 1. The van der Waals surface area contributed by atoms with Crippen molar-refractivity contribution in [2.75, 3.05) is 11.9 Å². The number of hydrogen-bond donors (Lipinski definition) is 1. The predicted octanol–water partition coefficient (Wildman–Crippen LogP) is 1.32. The molecule has 48 valence electrons. The predicted molar refractivity (Wildman–Crippen MR) is 43.4 cm³/mol. The Morgan fingerprint density at radius 1 is 1.40 bits per heavy atom. The molecule has 1 nitrogen and oxygen atoms in total. The number of rotatable bonds is 0. The summed E-state index contributed by atoms with van der Waals surface area (Å²) in [6.07, 6.45) is 0. The number of anilines is 1. The molecule has 0 saturated heterocycles. The average Bonchev–Trinajstić information content (AvgIpc) is 2.34. The van der Waals surface area contributed by atoms with Gasteiger partial charge < -0.3 is 5.32 Å². The molecule has 0 aliphatic carbocycles. The number of fused-ring (bicyclic) bond motifs is 1. The van der Waals surface area contributed by atoms with E-state index in [0.29, 0.717) is 0 Å². The largest absolute Gasteiger partial charge is 0.385 e. The van der Waals surface area contributed by atoms with Gasteiger partial charge in [0, 0.05) is 12.2 Å². The van der Waals surface area contributed by atoms with E-state index in [0.717, 1.165) is 6.54 Å². The monoisotopic (exact) mass is 129 g/mol. The zero-order valence-electron chi connectivity index (χ0n) is 5.67. The maximum Gasteiger partial charge on any atom is 0.0788 e. The summed E-state index contributed by atoms with van der Waals surface area (Å²) in [5.74, 6) is 0.191. The maximum absolute atomic E-state index is 5.78. The molecule has 0 saturated carbocycles. The molecule has 0 bridgehead atoms. The third-order valence-electron chi connectivity index (χ3n) is 1.87. The molecular weight excluding hydrogens is 121 g/mol. The highest BCUT2D eigenvalue weighted by molar-refractivity contribution is 6.14. The second-order valence-corrected chi connectivity index (χ2v) is 2.57. The van der Waals surface area contributed by atoms with E-state index in [-0.39, 0.29) is 5.82 Å². The summed E-state index contributed by atoms with van der Waals surface area (Å²) < 4.78 is 0. The SMILES string of the molecule is [B]C1CNc2ccccc21. The van der Waals surface area contributed by atoms with Crippen LogP contribution in [0.3, 0.4) is 0 Å². The van der Waals surface area contributed by atoms with Gasteiger partial charge in [-0.25, -0.2) is 0 Å². The van der Waals surface area contributed by atoms with Crippen molar-refractivity contribution in [2.24, 2.45) is 0 Å². The van der Waals surface area contributed by atoms with Gasteiger partial charge >= 0.3 is 0 Å². The van der Waals surface area contributed by atoms with Crippen molar-refractivity contribution in [2.45, 2.75) is 5.82 Å². The fourth-order valence-corrected chi connectivity index (χ4v) is 1.31. The fourth-order valence-electron chi connectivity index (χ4n) is 1.31. The Balaban J connectivity index is 2.51. The highest BCUT2D eigenvalue weighted by Crippen LogP contribution is 2.27. The Labute approximate surface area is 61.9 Å². The normalized spacial score (nSPS) is 21.8. The first kappa shape index (κ1) is 5.84. The van der Waals surface area contributed by atoms with Gasteiger partial charge in [0.05, 0.1) is 7.85 Å². The highest BCUT2D eigenvalue weighted by atomic mass is 14.9. The molecule has 1 heterocycles.